The molecule has 3 N–H and O–H groups in total. The zero-order chi connectivity index (χ0) is 18.2. The Bertz CT molecular complexity index is 445. The average molecular weight is 367 g/mol. The number of nitrogens with two attached hydrogens (primary N) is 1. The molecule has 0 spiro atoms. The fourth-order valence-electron chi connectivity index (χ4n) is 3.11. The van der Waals surface area contributed by atoms with E-state index in [1.54, 1.807) is 0 Å². The number of hydrogen-bond donors (Lipinski definition) is 2. The summed E-state index contributed by atoms with van der Waals surface area (Å²) in [5, 5.41) is 5.33. The summed E-state index contributed by atoms with van der Waals surface area (Å²) in [4.78, 5) is 11.7. The van der Waals surface area contributed by atoms with E-state index in [2.05, 4.69) is 12.2 Å². The third-order valence-electron chi connectivity index (χ3n) is 4.70. The Balaban J connectivity index is 1.79. The third-order valence-corrected chi connectivity index (χ3v) is 5.65. The van der Waals surface area contributed by atoms with Crippen molar-refractivity contribution in [3.63, 3.8) is 0 Å². The van der Waals surface area contributed by atoms with Crippen LogP contribution in [0.25, 0.3) is 0 Å². The molecule has 144 valence electrons. The van der Waals surface area contributed by atoms with E-state index >= 15 is 0 Å². The van der Waals surface area contributed by atoms with Gasteiger partial charge in [0, 0.05) is 17.6 Å². The Labute approximate surface area is 158 Å². The monoisotopic (exact) mass is 366 g/mol. The smallest absolute Gasteiger partial charge is 0.258 e. The first-order valence-corrected chi connectivity index (χ1v) is 11.2. The first kappa shape index (κ1) is 22.0. The number of rotatable bonds is 17. The molecule has 0 aliphatic rings. The van der Waals surface area contributed by atoms with Crippen LogP contribution in [0.15, 0.2) is 11.4 Å². The highest BCUT2D eigenvalue weighted by Gasteiger charge is 2.03. The first-order valence-electron chi connectivity index (χ1n) is 10.4. The zero-order valence-electron chi connectivity index (χ0n) is 16.2. The van der Waals surface area contributed by atoms with E-state index in [0.29, 0.717) is 4.88 Å². The topological polar surface area (TPSA) is 55.1 Å². The van der Waals surface area contributed by atoms with Crippen molar-refractivity contribution in [2.75, 3.05) is 11.9 Å². The van der Waals surface area contributed by atoms with Gasteiger partial charge in [-0.2, -0.15) is 0 Å². The van der Waals surface area contributed by atoms with Crippen molar-refractivity contribution >= 4 is 22.9 Å². The van der Waals surface area contributed by atoms with Gasteiger partial charge in [0.25, 0.3) is 5.91 Å². The Morgan fingerprint density at radius 2 is 1.36 bits per heavy atom. The summed E-state index contributed by atoms with van der Waals surface area (Å²) in [6.07, 6.45) is 19.4. The van der Waals surface area contributed by atoms with Gasteiger partial charge < -0.3 is 11.1 Å². The molecule has 0 unspecified atom stereocenters. The van der Waals surface area contributed by atoms with E-state index in [0.717, 1.165) is 12.2 Å². The molecular weight excluding hydrogens is 328 g/mol. The standard InChI is InChI=1S/C21H38N2OS/c1-2-3-4-5-6-7-8-9-10-11-12-13-14-15-16-23-19-17-20(21(22)24)25-18-19/h17-18,23H,2-16H2,1H3,(H2,22,24). The van der Waals surface area contributed by atoms with Crippen LogP contribution in [0.4, 0.5) is 5.69 Å². The summed E-state index contributed by atoms with van der Waals surface area (Å²) in [6.45, 7) is 3.26. The average Bonchev–Trinajstić information content (AvgIpc) is 3.07. The van der Waals surface area contributed by atoms with Gasteiger partial charge in [-0.25, -0.2) is 0 Å². The van der Waals surface area contributed by atoms with Crippen LogP contribution < -0.4 is 11.1 Å². The van der Waals surface area contributed by atoms with Crippen LogP contribution in [0, 0.1) is 0 Å². The molecule has 0 atom stereocenters. The third kappa shape index (κ3) is 12.0. The summed E-state index contributed by atoms with van der Waals surface area (Å²) >= 11 is 1.41. The van der Waals surface area contributed by atoms with E-state index in [1.165, 1.54) is 101 Å². The molecule has 0 aliphatic heterocycles. The molecule has 1 aromatic rings. The SMILES string of the molecule is CCCCCCCCCCCCCCCCNc1csc(C(N)=O)c1. The van der Waals surface area contributed by atoms with Gasteiger partial charge in [-0.05, 0) is 12.5 Å². The molecule has 0 aliphatic carbocycles. The Morgan fingerprint density at radius 3 is 1.80 bits per heavy atom. The van der Waals surface area contributed by atoms with Crippen molar-refractivity contribution in [3.8, 4) is 0 Å². The minimum atomic E-state index is -0.338. The van der Waals surface area contributed by atoms with Gasteiger partial charge in [0.15, 0.2) is 0 Å². The predicted octanol–water partition coefficient (Wildman–Crippen LogP) is 6.74. The van der Waals surface area contributed by atoms with Crippen molar-refractivity contribution in [1.29, 1.82) is 0 Å². The minimum absolute atomic E-state index is 0.338. The molecule has 1 heterocycles. The van der Waals surface area contributed by atoms with Crippen LogP contribution in [0.5, 0.6) is 0 Å². The second kappa shape index (κ2) is 15.2. The lowest BCUT2D eigenvalue weighted by Crippen LogP contribution is -2.08. The summed E-state index contributed by atoms with van der Waals surface area (Å²) in [5.41, 5.74) is 6.28. The molecule has 1 amide bonds. The van der Waals surface area contributed by atoms with Crippen molar-refractivity contribution in [3.05, 3.63) is 16.3 Å². The van der Waals surface area contributed by atoms with E-state index in [9.17, 15) is 4.79 Å². The van der Waals surface area contributed by atoms with Crippen molar-refractivity contribution in [2.24, 2.45) is 5.73 Å². The van der Waals surface area contributed by atoms with Crippen LogP contribution in [0.1, 0.15) is 106 Å². The number of nitrogens with one attached hydrogen (secondary N) is 1. The van der Waals surface area contributed by atoms with Gasteiger partial charge in [0.05, 0.1) is 4.88 Å². The highest BCUT2D eigenvalue weighted by atomic mass is 32.1. The molecule has 0 radical (unpaired) electrons. The lowest BCUT2D eigenvalue weighted by molar-refractivity contribution is 0.100. The summed E-state index contributed by atoms with van der Waals surface area (Å²) in [7, 11) is 0. The molecule has 0 saturated heterocycles. The molecule has 0 saturated carbocycles. The van der Waals surface area contributed by atoms with Gasteiger partial charge in [0.1, 0.15) is 0 Å². The molecule has 0 fully saturated rings. The summed E-state index contributed by atoms with van der Waals surface area (Å²) < 4.78 is 0. The lowest BCUT2D eigenvalue weighted by atomic mass is 10.0. The van der Waals surface area contributed by atoms with Gasteiger partial charge in [-0.15, -0.1) is 11.3 Å². The summed E-state index contributed by atoms with van der Waals surface area (Å²) in [6, 6.07) is 1.84. The molecule has 0 aromatic carbocycles. The Hall–Kier alpha value is -1.03. The number of hydrogen-bond acceptors (Lipinski definition) is 3. The molecule has 25 heavy (non-hydrogen) atoms. The fraction of sp³-hybridized carbons (Fsp3) is 0.762. The van der Waals surface area contributed by atoms with Gasteiger partial charge >= 0.3 is 0 Å². The molecule has 3 nitrogen and oxygen atoms in total. The van der Waals surface area contributed by atoms with Crippen molar-refractivity contribution in [2.45, 2.75) is 96.8 Å². The van der Waals surface area contributed by atoms with Crippen LogP contribution in [0.2, 0.25) is 0 Å². The quantitative estimate of drug-likeness (QED) is 0.300. The maximum Gasteiger partial charge on any atom is 0.258 e. The van der Waals surface area contributed by atoms with Crippen molar-refractivity contribution < 1.29 is 4.79 Å². The van der Waals surface area contributed by atoms with Gasteiger partial charge in [-0.1, -0.05) is 90.4 Å². The van der Waals surface area contributed by atoms with Gasteiger partial charge in [-0.3, -0.25) is 4.79 Å². The second-order valence-corrected chi connectivity index (χ2v) is 8.00. The zero-order valence-corrected chi connectivity index (χ0v) is 17.0. The van der Waals surface area contributed by atoms with Crippen LogP contribution in [-0.2, 0) is 0 Å². The fourth-order valence-corrected chi connectivity index (χ4v) is 3.83. The lowest BCUT2D eigenvalue weighted by Gasteiger charge is -2.04. The number of thiophene rings is 1. The Kier molecular flexibility index (Phi) is 13.4. The number of carbonyl (C=O) groups excluding carboxylic acids is 1. The van der Waals surface area contributed by atoms with Crippen LogP contribution in [-0.4, -0.2) is 12.5 Å². The maximum atomic E-state index is 11.0. The van der Waals surface area contributed by atoms with E-state index in [4.69, 9.17) is 5.73 Å². The normalized spacial score (nSPS) is 10.9. The van der Waals surface area contributed by atoms with Crippen LogP contribution in [0.3, 0.4) is 0 Å². The molecule has 1 aromatic heterocycles. The molecular formula is C21H38N2OS. The van der Waals surface area contributed by atoms with E-state index < -0.39 is 0 Å². The van der Waals surface area contributed by atoms with Crippen molar-refractivity contribution in [1.82, 2.24) is 0 Å². The molecule has 1 rings (SSSR count). The predicted molar refractivity (Wildman–Crippen MR) is 112 cm³/mol. The number of anilines is 1. The number of primary amides is 1. The second-order valence-electron chi connectivity index (χ2n) is 7.09. The van der Waals surface area contributed by atoms with Crippen LogP contribution >= 0.6 is 11.3 Å². The Morgan fingerprint density at radius 1 is 0.880 bits per heavy atom. The highest BCUT2D eigenvalue weighted by Crippen LogP contribution is 2.19. The van der Waals surface area contributed by atoms with E-state index in [-0.39, 0.29) is 5.91 Å². The number of carbonyl (C=O) groups is 1. The number of unbranched alkanes of at least 4 members (excludes halogenated alkanes) is 13. The maximum absolute atomic E-state index is 11.0. The first-order chi connectivity index (χ1) is 12.2. The number of amides is 1. The largest absolute Gasteiger partial charge is 0.384 e. The summed E-state index contributed by atoms with van der Waals surface area (Å²) in [5.74, 6) is -0.338. The molecule has 4 heteroatoms. The van der Waals surface area contributed by atoms with Gasteiger partial charge in [0.2, 0.25) is 0 Å². The highest BCUT2D eigenvalue weighted by molar-refractivity contribution is 7.12. The van der Waals surface area contributed by atoms with E-state index in [1.807, 2.05) is 11.4 Å². The minimum Gasteiger partial charge on any atom is -0.384 e. The molecule has 0 bridgehead atoms.